The lowest BCUT2D eigenvalue weighted by atomic mass is 9.68. The van der Waals surface area contributed by atoms with Gasteiger partial charge in [0.05, 0.1) is 5.41 Å². The van der Waals surface area contributed by atoms with E-state index in [0.717, 1.165) is 12.8 Å². The molecule has 1 unspecified atom stereocenters. The minimum absolute atomic E-state index is 0.0216. The molecule has 0 spiro atoms. The van der Waals surface area contributed by atoms with Crippen LogP contribution in [0.2, 0.25) is 5.02 Å². The van der Waals surface area contributed by atoms with E-state index in [1.807, 2.05) is 6.07 Å². The number of amides is 2. The fourth-order valence-corrected chi connectivity index (χ4v) is 3.79. The summed E-state index contributed by atoms with van der Waals surface area (Å²) in [5, 5.41) is 5.46. The zero-order chi connectivity index (χ0) is 22.1. The lowest BCUT2D eigenvalue weighted by Gasteiger charge is -2.36. The molecule has 2 amide bonds. The van der Waals surface area contributed by atoms with Gasteiger partial charge in [0.15, 0.2) is 0 Å². The quantitative estimate of drug-likeness (QED) is 0.477. The Bertz CT molecular complexity index is 799. The van der Waals surface area contributed by atoms with Gasteiger partial charge in [-0.2, -0.15) is 0 Å². The van der Waals surface area contributed by atoms with Gasteiger partial charge in [0, 0.05) is 31.3 Å². The molecule has 164 valence electrons. The maximum Gasteiger partial charge on any atom is 0.410 e. The first-order valence-electron chi connectivity index (χ1n) is 9.97. The molecular formula is C21H27ClN2O6. The Hall–Kier alpha value is -2.61. The molecule has 0 bridgehead atoms. The Labute approximate surface area is 180 Å². The molecule has 1 aromatic rings. The van der Waals surface area contributed by atoms with Crippen LogP contribution in [0.3, 0.4) is 0 Å². The van der Waals surface area contributed by atoms with Crippen molar-refractivity contribution in [2.75, 3.05) is 13.1 Å². The Kier molecular flexibility index (Phi) is 8.65. The van der Waals surface area contributed by atoms with Gasteiger partial charge < -0.3 is 20.1 Å². The Morgan fingerprint density at radius 3 is 2.57 bits per heavy atom. The number of hydrogen-bond donors (Lipinski definition) is 2. The summed E-state index contributed by atoms with van der Waals surface area (Å²) in [5.74, 6) is -0.999. The summed E-state index contributed by atoms with van der Waals surface area (Å²) in [6.07, 6.45) is 0.888. The summed E-state index contributed by atoms with van der Waals surface area (Å²) in [7, 11) is 0. The van der Waals surface area contributed by atoms with Crippen LogP contribution in [0.1, 0.15) is 51.5 Å². The highest BCUT2D eigenvalue weighted by atomic mass is 35.5. The number of esters is 1. The summed E-state index contributed by atoms with van der Waals surface area (Å²) in [6, 6.07) is 7.11. The van der Waals surface area contributed by atoms with Crippen molar-refractivity contribution in [3.8, 4) is 0 Å². The first-order valence-corrected chi connectivity index (χ1v) is 10.3. The molecule has 2 atom stereocenters. The van der Waals surface area contributed by atoms with Gasteiger partial charge in [0.2, 0.25) is 12.2 Å². The van der Waals surface area contributed by atoms with Crippen LogP contribution in [0.4, 0.5) is 4.79 Å². The summed E-state index contributed by atoms with van der Waals surface area (Å²) in [6.45, 7) is 2.76. The van der Waals surface area contributed by atoms with E-state index in [2.05, 4.69) is 10.6 Å². The van der Waals surface area contributed by atoms with E-state index < -0.39 is 23.8 Å². The number of nitrogens with one attached hydrogen (secondary N) is 2. The normalized spacial score (nSPS) is 19.5. The number of halogens is 1. The summed E-state index contributed by atoms with van der Waals surface area (Å²) in [4.78, 5) is 47.9. The van der Waals surface area contributed by atoms with Crippen molar-refractivity contribution in [3.63, 3.8) is 0 Å². The highest BCUT2D eigenvalue weighted by molar-refractivity contribution is 6.31. The highest BCUT2D eigenvalue weighted by Gasteiger charge is 2.43. The molecule has 1 aliphatic carbocycles. The SMILES string of the molecule is CCC(=O)NCC(=O)OC(C)OC(=O)NC[C@@]1(c2ccccc2Cl)CCCCC1=O. The second-order valence-corrected chi connectivity index (χ2v) is 7.55. The number of ketones is 1. The van der Waals surface area contributed by atoms with E-state index in [-0.39, 0.29) is 31.2 Å². The van der Waals surface area contributed by atoms with Crippen LogP contribution in [-0.4, -0.2) is 43.1 Å². The van der Waals surface area contributed by atoms with Crippen LogP contribution in [-0.2, 0) is 29.3 Å². The van der Waals surface area contributed by atoms with Gasteiger partial charge in [-0.1, -0.05) is 43.1 Å². The molecule has 0 heterocycles. The largest absolute Gasteiger partial charge is 0.424 e. The van der Waals surface area contributed by atoms with E-state index in [9.17, 15) is 19.2 Å². The molecule has 2 N–H and O–H groups in total. The summed E-state index contributed by atoms with van der Waals surface area (Å²) >= 11 is 6.35. The molecule has 0 saturated heterocycles. The highest BCUT2D eigenvalue weighted by Crippen LogP contribution is 2.39. The first-order chi connectivity index (χ1) is 14.3. The van der Waals surface area contributed by atoms with Gasteiger partial charge in [0.1, 0.15) is 12.3 Å². The second kappa shape index (κ2) is 11.0. The zero-order valence-electron chi connectivity index (χ0n) is 17.2. The molecule has 0 aromatic heterocycles. The van der Waals surface area contributed by atoms with Crippen LogP contribution >= 0.6 is 11.6 Å². The number of carbonyl (C=O) groups excluding carboxylic acids is 4. The topological polar surface area (TPSA) is 111 Å². The van der Waals surface area contributed by atoms with Gasteiger partial charge in [-0.15, -0.1) is 0 Å². The van der Waals surface area contributed by atoms with Crippen molar-refractivity contribution in [2.45, 2.75) is 57.7 Å². The third-order valence-corrected chi connectivity index (χ3v) is 5.37. The molecule has 8 nitrogen and oxygen atoms in total. The standard InChI is InChI=1S/C21H27ClN2O6/c1-3-18(26)23-12-19(27)29-14(2)30-20(28)24-13-21(11-7-6-10-17(21)25)15-8-4-5-9-16(15)22/h4-5,8-9,14H,3,6-7,10-13H2,1-2H3,(H,23,26)(H,24,28)/t14?,21-/m1/s1. The number of alkyl carbamates (subject to hydrolysis) is 1. The third-order valence-electron chi connectivity index (χ3n) is 5.04. The smallest absolute Gasteiger partial charge is 0.410 e. The minimum Gasteiger partial charge on any atom is -0.424 e. The van der Waals surface area contributed by atoms with Crippen LogP contribution in [0, 0.1) is 0 Å². The van der Waals surface area contributed by atoms with E-state index >= 15 is 0 Å². The average molecular weight is 439 g/mol. The van der Waals surface area contributed by atoms with Crippen LogP contribution < -0.4 is 10.6 Å². The predicted octanol–water partition coefficient (Wildman–Crippen LogP) is 2.86. The first kappa shape index (κ1) is 23.7. The van der Waals surface area contributed by atoms with Crippen LogP contribution in [0.15, 0.2) is 24.3 Å². The fraction of sp³-hybridized carbons (Fsp3) is 0.524. The van der Waals surface area contributed by atoms with Crippen molar-refractivity contribution < 1.29 is 28.7 Å². The molecule has 1 aromatic carbocycles. The van der Waals surface area contributed by atoms with Crippen molar-refractivity contribution in [1.29, 1.82) is 0 Å². The minimum atomic E-state index is -1.16. The molecular weight excluding hydrogens is 412 g/mol. The lowest BCUT2D eigenvalue weighted by molar-refractivity contribution is -0.164. The molecule has 1 saturated carbocycles. The van der Waals surface area contributed by atoms with E-state index in [1.165, 1.54) is 6.92 Å². The van der Waals surface area contributed by atoms with Gasteiger partial charge in [-0.3, -0.25) is 14.4 Å². The number of hydrogen-bond acceptors (Lipinski definition) is 6. The molecule has 9 heteroatoms. The molecule has 1 aliphatic rings. The molecule has 30 heavy (non-hydrogen) atoms. The predicted molar refractivity (Wildman–Crippen MR) is 110 cm³/mol. The summed E-state index contributed by atoms with van der Waals surface area (Å²) < 4.78 is 9.97. The zero-order valence-corrected chi connectivity index (χ0v) is 17.9. The van der Waals surface area contributed by atoms with Crippen molar-refractivity contribution >= 4 is 35.4 Å². The fourth-order valence-electron chi connectivity index (χ4n) is 3.47. The van der Waals surface area contributed by atoms with Crippen molar-refractivity contribution in [3.05, 3.63) is 34.9 Å². The lowest BCUT2D eigenvalue weighted by Crippen LogP contribution is -2.49. The third kappa shape index (κ3) is 6.19. The number of carbonyl (C=O) groups is 4. The number of ether oxygens (including phenoxy) is 2. The Balaban J connectivity index is 1.95. The van der Waals surface area contributed by atoms with E-state index in [1.54, 1.807) is 25.1 Å². The van der Waals surface area contributed by atoms with Gasteiger partial charge in [-0.25, -0.2) is 4.79 Å². The number of benzene rings is 1. The van der Waals surface area contributed by atoms with Gasteiger partial charge >= 0.3 is 12.1 Å². The van der Waals surface area contributed by atoms with E-state index in [0.29, 0.717) is 23.4 Å². The number of rotatable bonds is 8. The Morgan fingerprint density at radius 1 is 1.17 bits per heavy atom. The average Bonchev–Trinajstić information content (AvgIpc) is 2.72. The van der Waals surface area contributed by atoms with Crippen molar-refractivity contribution in [1.82, 2.24) is 10.6 Å². The molecule has 2 rings (SSSR count). The Morgan fingerprint density at radius 2 is 1.90 bits per heavy atom. The number of Topliss-reactive ketones (excluding diaryl/α,β-unsaturated/α-hetero) is 1. The van der Waals surface area contributed by atoms with Gasteiger partial charge in [-0.05, 0) is 24.5 Å². The molecule has 0 aliphatic heterocycles. The second-order valence-electron chi connectivity index (χ2n) is 7.14. The van der Waals surface area contributed by atoms with Gasteiger partial charge in [0.25, 0.3) is 0 Å². The maximum absolute atomic E-state index is 12.8. The monoisotopic (exact) mass is 438 g/mol. The maximum atomic E-state index is 12.8. The van der Waals surface area contributed by atoms with E-state index in [4.69, 9.17) is 21.1 Å². The molecule has 1 fully saturated rings. The summed E-state index contributed by atoms with van der Waals surface area (Å²) in [5.41, 5.74) is -0.234. The van der Waals surface area contributed by atoms with Crippen molar-refractivity contribution in [2.24, 2.45) is 0 Å². The van der Waals surface area contributed by atoms with Crippen LogP contribution in [0.25, 0.3) is 0 Å². The van der Waals surface area contributed by atoms with Crippen LogP contribution in [0.5, 0.6) is 0 Å². The molecule has 0 radical (unpaired) electrons.